The summed E-state index contributed by atoms with van der Waals surface area (Å²) in [5.74, 6) is 0.457. The van der Waals surface area contributed by atoms with Crippen LogP contribution in [0.25, 0.3) is 11.5 Å². The summed E-state index contributed by atoms with van der Waals surface area (Å²) in [7, 11) is 0. The zero-order valence-corrected chi connectivity index (χ0v) is 9.62. The van der Waals surface area contributed by atoms with Crippen LogP contribution in [0.5, 0.6) is 0 Å². The highest BCUT2D eigenvalue weighted by atomic mass is 35.5. The molecule has 0 fully saturated rings. The molecule has 0 spiro atoms. The SMILES string of the molecule is Cc1cc(-c2nnc(C(C)Cl)o2)ccc1F. The quantitative estimate of drug-likeness (QED) is 0.755. The first-order chi connectivity index (χ1) is 7.58. The molecule has 3 nitrogen and oxygen atoms in total. The van der Waals surface area contributed by atoms with E-state index in [9.17, 15) is 4.39 Å². The zero-order chi connectivity index (χ0) is 11.7. The number of aryl methyl sites for hydroxylation is 1. The Hall–Kier alpha value is -1.42. The van der Waals surface area contributed by atoms with E-state index in [1.165, 1.54) is 6.07 Å². The van der Waals surface area contributed by atoms with E-state index in [1.54, 1.807) is 26.0 Å². The monoisotopic (exact) mass is 240 g/mol. The number of hydrogen-bond donors (Lipinski definition) is 0. The van der Waals surface area contributed by atoms with Gasteiger partial charge in [-0.25, -0.2) is 4.39 Å². The Morgan fingerprint density at radius 3 is 2.69 bits per heavy atom. The van der Waals surface area contributed by atoms with E-state index in [0.29, 0.717) is 22.9 Å². The maximum atomic E-state index is 13.1. The molecule has 0 aliphatic heterocycles. The van der Waals surface area contributed by atoms with Crippen LogP contribution in [0.4, 0.5) is 4.39 Å². The van der Waals surface area contributed by atoms with Crippen molar-refractivity contribution in [2.24, 2.45) is 0 Å². The van der Waals surface area contributed by atoms with Crippen molar-refractivity contribution in [1.29, 1.82) is 0 Å². The van der Waals surface area contributed by atoms with Crippen LogP contribution in [0, 0.1) is 12.7 Å². The number of hydrogen-bond acceptors (Lipinski definition) is 3. The van der Waals surface area contributed by atoms with Crippen LogP contribution in [0.3, 0.4) is 0 Å². The van der Waals surface area contributed by atoms with E-state index >= 15 is 0 Å². The van der Waals surface area contributed by atoms with Crippen LogP contribution in [-0.2, 0) is 0 Å². The molecule has 84 valence electrons. The first-order valence-corrected chi connectivity index (χ1v) is 5.25. The van der Waals surface area contributed by atoms with Gasteiger partial charge in [-0.1, -0.05) is 0 Å². The molecule has 1 heterocycles. The summed E-state index contributed by atoms with van der Waals surface area (Å²) >= 11 is 5.80. The second-order valence-electron chi connectivity index (χ2n) is 3.53. The Labute approximate surface area is 97.3 Å². The number of halogens is 2. The largest absolute Gasteiger partial charge is 0.419 e. The van der Waals surface area contributed by atoms with E-state index in [0.717, 1.165) is 0 Å². The zero-order valence-electron chi connectivity index (χ0n) is 8.87. The summed E-state index contributed by atoms with van der Waals surface area (Å²) in [5.41, 5.74) is 1.23. The van der Waals surface area contributed by atoms with Crippen LogP contribution in [0.15, 0.2) is 22.6 Å². The molecule has 1 aromatic carbocycles. The lowest BCUT2D eigenvalue weighted by molar-refractivity contribution is 0.507. The van der Waals surface area contributed by atoms with Crippen LogP contribution in [0.2, 0.25) is 0 Å². The average Bonchev–Trinajstić information content (AvgIpc) is 2.71. The van der Waals surface area contributed by atoms with Gasteiger partial charge in [0.05, 0.1) is 0 Å². The van der Waals surface area contributed by atoms with Gasteiger partial charge < -0.3 is 4.42 Å². The van der Waals surface area contributed by atoms with Crippen LogP contribution < -0.4 is 0 Å². The van der Waals surface area contributed by atoms with Gasteiger partial charge in [0.15, 0.2) is 0 Å². The molecule has 0 N–H and O–H groups in total. The number of alkyl halides is 1. The van der Waals surface area contributed by atoms with Crippen LogP contribution >= 0.6 is 11.6 Å². The average molecular weight is 241 g/mol. The summed E-state index contributed by atoms with van der Waals surface area (Å²) < 4.78 is 18.4. The van der Waals surface area contributed by atoms with Crippen molar-refractivity contribution in [3.05, 3.63) is 35.5 Å². The summed E-state index contributed by atoms with van der Waals surface area (Å²) in [6, 6.07) is 4.63. The minimum atomic E-state index is -0.331. The third kappa shape index (κ3) is 2.07. The molecular formula is C11H10ClFN2O. The van der Waals surface area contributed by atoms with Gasteiger partial charge in [0.25, 0.3) is 0 Å². The van der Waals surface area contributed by atoms with Gasteiger partial charge in [0.2, 0.25) is 11.8 Å². The normalized spacial score (nSPS) is 12.8. The Balaban J connectivity index is 2.39. The molecule has 1 unspecified atom stereocenters. The standard InChI is InChI=1S/C11H10ClFN2O/c1-6-5-8(3-4-9(6)13)11-15-14-10(16-11)7(2)12/h3-5,7H,1-2H3. The molecule has 0 bridgehead atoms. The molecule has 0 amide bonds. The van der Waals surface area contributed by atoms with Crippen molar-refractivity contribution in [3.63, 3.8) is 0 Å². The molecule has 1 aromatic heterocycles. The second-order valence-corrected chi connectivity index (χ2v) is 4.18. The lowest BCUT2D eigenvalue weighted by Crippen LogP contribution is -1.84. The van der Waals surface area contributed by atoms with Crippen molar-refractivity contribution >= 4 is 11.6 Å². The first kappa shape index (κ1) is 11.1. The maximum absolute atomic E-state index is 13.1. The summed E-state index contributed by atoms with van der Waals surface area (Å²) in [4.78, 5) is 0. The van der Waals surface area contributed by atoms with Crippen molar-refractivity contribution in [3.8, 4) is 11.5 Å². The lowest BCUT2D eigenvalue weighted by Gasteiger charge is -1.98. The molecule has 0 saturated heterocycles. The van der Waals surface area contributed by atoms with Crippen molar-refractivity contribution in [2.45, 2.75) is 19.2 Å². The minimum Gasteiger partial charge on any atom is -0.419 e. The van der Waals surface area contributed by atoms with E-state index in [1.807, 2.05) is 0 Å². The molecule has 2 aromatic rings. The second kappa shape index (κ2) is 4.22. The van der Waals surface area contributed by atoms with E-state index < -0.39 is 0 Å². The molecule has 2 rings (SSSR count). The molecule has 0 saturated carbocycles. The fraction of sp³-hybridized carbons (Fsp3) is 0.273. The van der Waals surface area contributed by atoms with Crippen molar-refractivity contribution in [1.82, 2.24) is 10.2 Å². The van der Waals surface area contributed by atoms with Gasteiger partial charge in [-0.05, 0) is 37.6 Å². The van der Waals surface area contributed by atoms with E-state index in [2.05, 4.69) is 10.2 Å². The smallest absolute Gasteiger partial charge is 0.247 e. The number of nitrogens with zero attached hydrogens (tertiary/aromatic N) is 2. The number of rotatable bonds is 2. The van der Waals surface area contributed by atoms with Gasteiger partial charge in [0.1, 0.15) is 11.2 Å². The Morgan fingerprint density at radius 2 is 2.12 bits per heavy atom. The van der Waals surface area contributed by atoms with E-state index in [-0.39, 0.29) is 11.2 Å². The highest BCUT2D eigenvalue weighted by Gasteiger charge is 2.13. The van der Waals surface area contributed by atoms with Gasteiger partial charge in [0, 0.05) is 5.56 Å². The Kier molecular flexibility index (Phi) is 2.92. The molecule has 16 heavy (non-hydrogen) atoms. The fourth-order valence-corrected chi connectivity index (χ4v) is 1.38. The topological polar surface area (TPSA) is 38.9 Å². The highest BCUT2D eigenvalue weighted by Crippen LogP contribution is 2.24. The van der Waals surface area contributed by atoms with Crippen LogP contribution in [0.1, 0.15) is 23.8 Å². The van der Waals surface area contributed by atoms with Gasteiger partial charge in [-0.3, -0.25) is 0 Å². The van der Waals surface area contributed by atoms with Crippen molar-refractivity contribution in [2.75, 3.05) is 0 Å². The number of benzene rings is 1. The summed E-state index contributed by atoms with van der Waals surface area (Å²) in [6.07, 6.45) is 0. The molecular weight excluding hydrogens is 231 g/mol. The maximum Gasteiger partial charge on any atom is 0.247 e. The Morgan fingerprint density at radius 1 is 1.38 bits per heavy atom. The Bertz CT molecular complexity index is 510. The number of aromatic nitrogens is 2. The highest BCUT2D eigenvalue weighted by molar-refractivity contribution is 6.20. The molecule has 5 heteroatoms. The van der Waals surface area contributed by atoms with Gasteiger partial charge in [-0.15, -0.1) is 21.8 Å². The van der Waals surface area contributed by atoms with Crippen molar-refractivity contribution < 1.29 is 8.81 Å². The molecule has 0 aliphatic carbocycles. The fourth-order valence-electron chi connectivity index (χ4n) is 1.29. The summed E-state index contributed by atoms with van der Waals surface area (Å²) in [5, 5.41) is 7.33. The van der Waals surface area contributed by atoms with Gasteiger partial charge in [-0.2, -0.15) is 0 Å². The van der Waals surface area contributed by atoms with Gasteiger partial charge >= 0.3 is 0 Å². The third-order valence-corrected chi connectivity index (χ3v) is 2.37. The molecule has 0 radical (unpaired) electrons. The lowest BCUT2D eigenvalue weighted by atomic mass is 10.1. The predicted molar refractivity (Wildman–Crippen MR) is 58.7 cm³/mol. The first-order valence-electron chi connectivity index (χ1n) is 4.82. The predicted octanol–water partition coefficient (Wildman–Crippen LogP) is 3.48. The molecule has 0 aliphatic rings. The van der Waals surface area contributed by atoms with Crippen LogP contribution in [-0.4, -0.2) is 10.2 Å². The van der Waals surface area contributed by atoms with E-state index in [4.69, 9.17) is 16.0 Å². The third-order valence-electron chi connectivity index (χ3n) is 2.19. The molecule has 1 atom stereocenters. The minimum absolute atomic E-state index is 0.255. The summed E-state index contributed by atoms with van der Waals surface area (Å²) in [6.45, 7) is 3.43.